The largest absolute Gasteiger partial charge is 2.00 e. The second kappa shape index (κ2) is 9.56. The molecule has 0 aliphatic heterocycles. The van der Waals surface area contributed by atoms with Gasteiger partial charge in [-0.05, 0) is 0 Å². The van der Waals surface area contributed by atoms with Crippen LogP contribution < -0.4 is 0 Å². The van der Waals surface area contributed by atoms with Crippen LogP contribution in [0.2, 0.25) is 0 Å². The number of alkyl halides is 18. The summed E-state index contributed by atoms with van der Waals surface area (Å²) in [6, 6.07) is -12.9. The first kappa shape index (κ1) is 34.7. The van der Waals surface area contributed by atoms with Crippen LogP contribution in [0.3, 0.4) is 0 Å². The van der Waals surface area contributed by atoms with E-state index in [2.05, 4.69) is 0 Å². The number of hydrogen-bond donors (Lipinski definition) is 0. The van der Waals surface area contributed by atoms with Gasteiger partial charge in [0.05, 0.1) is 0 Å². The van der Waals surface area contributed by atoms with Crippen LogP contribution in [0.5, 0.6) is 0 Å². The van der Waals surface area contributed by atoms with E-state index in [0.717, 1.165) is 0 Å². The van der Waals surface area contributed by atoms with Gasteiger partial charge in [0.1, 0.15) is 0 Å². The van der Waals surface area contributed by atoms with Crippen LogP contribution in [0.15, 0.2) is 0 Å². The van der Waals surface area contributed by atoms with Gasteiger partial charge >= 0.3 is 55.5 Å². The molecule has 23 heteroatoms. The number of halogens is 20. The van der Waals surface area contributed by atoms with Crippen molar-refractivity contribution in [3.8, 4) is 0 Å². The molecule has 1 radical (unpaired) electrons. The zero-order valence-corrected chi connectivity index (χ0v) is 14.4. The molecule has 0 aromatic rings. The van der Waals surface area contributed by atoms with Crippen molar-refractivity contribution < 1.29 is 107 Å². The van der Waals surface area contributed by atoms with Gasteiger partial charge in [0.15, 0.2) is 0 Å². The smallest absolute Gasteiger partial charge is 0.424 e. The monoisotopic (exact) mass is 607 g/mol. The van der Waals surface area contributed by atoms with Crippen molar-refractivity contribution in [3.63, 3.8) is 0 Å². The summed E-state index contributed by atoms with van der Waals surface area (Å²) in [6.45, 7) is 0. The second-order valence-corrected chi connectivity index (χ2v) is 4.54. The van der Waals surface area contributed by atoms with Crippen molar-refractivity contribution >= 4 is 0 Å². The van der Waals surface area contributed by atoms with E-state index >= 15 is 0 Å². The van der Waals surface area contributed by atoms with Gasteiger partial charge in [-0.15, -0.1) is 0 Å². The molecule has 0 bridgehead atoms. The van der Waals surface area contributed by atoms with Crippen LogP contribution >= 0.6 is 0 Å². The van der Waals surface area contributed by atoms with Crippen molar-refractivity contribution in [2.24, 2.45) is 0 Å². The molecule has 0 fully saturated rings. The quantitative estimate of drug-likeness (QED) is 0.172. The number of rotatable bonds is 6. The van der Waals surface area contributed by atoms with Crippen LogP contribution in [0.4, 0.5) is 88.0 Å². The zero-order valence-electron chi connectivity index (χ0n) is 12.8. The first-order valence-corrected chi connectivity index (χ1v) is 5.69. The molecule has 0 rings (SSSR count). The van der Waals surface area contributed by atoms with Crippen LogP contribution in [-0.2, 0) is 19.5 Å². The van der Waals surface area contributed by atoms with Crippen LogP contribution in [-0.4, -0.2) is 48.1 Å². The maximum atomic E-state index is 11.9. The fraction of sp³-hybridized carbons (Fsp3) is 1.00. The standard InChI is InChI=1S/2C4F10N.Rh/c2*5-1(6,3(9,10)11)2(7,8)4(12,13)15-14;/q2*-1;+2. The molecule has 31 heavy (non-hydrogen) atoms. The van der Waals surface area contributed by atoms with Crippen LogP contribution in [0, 0.1) is 0 Å². The van der Waals surface area contributed by atoms with Crippen molar-refractivity contribution in [3.05, 3.63) is 11.1 Å². The maximum absolute atomic E-state index is 11.9. The average Bonchev–Trinajstić information content (AvgIpc) is 2.52. The fourth-order valence-electron chi connectivity index (χ4n) is 0.840. The summed E-state index contributed by atoms with van der Waals surface area (Å²) >= 11 is 0. The van der Waals surface area contributed by atoms with Gasteiger partial charge in [-0.2, -0.15) is 61.5 Å². The summed E-state index contributed by atoms with van der Waals surface area (Å²) in [6.07, 6.45) is -13.9. The minimum atomic E-state index is -7.10. The van der Waals surface area contributed by atoms with Crippen molar-refractivity contribution in [1.29, 1.82) is 0 Å². The molecular weight excluding hydrogens is 607 g/mol. The molecule has 0 aromatic carbocycles. The minimum Gasteiger partial charge on any atom is -0.424 e. The maximum Gasteiger partial charge on any atom is 2.00 e. The SMILES string of the molecule is F[N-]C(F)(F)C(F)(F)C(F)(F)C(F)(F)F.F[N-]C(F)(F)C(F)(F)C(F)(F)C(F)(F)F.[Rh+2]. The van der Waals surface area contributed by atoms with E-state index in [1.54, 1.807) is 0 Å². The molecule has 191 valence electrons. The molecule has 0 spiro atoms. The molecule has 0 aromatic heterocycles. The summed E-state index contributed by atoms with van der Waals surface area (Å²) in [4.78, 5) is 0. The third-order valence-electron chi connectivity index (χ3n) is 2.47. The molecule has 0 saturated carbocycles. The van der Waals surface area contributed by atoms with E-state index in [1.807, 2.05) is 0 Å². The Morgan fingerprint density at radius 2 is 0.484 bits per heavy atom. The first-order valence-electron chi connectivity index (χ1n) is 5.69. The Hall–Kier alpha value is -0.857. The molecule has 0 saturated heterocycles. The third kappa shape index (κ3) is 6.14. The molecule has 0 amide bonds. The molecule has 0 N–H and O–H groups in total. The first-order chi connectivity index (χ1) is 12.6. The zero-order chi connectivity index (χ0) is 25.4. The Bertz CT molecular complexity index is 513. The Morgan fingerprint density at radius 3 is 0.581 bits per heavy atom. The summed E-state index contributed by atoms with van der Waals surface area (Å²) in [5.74, 6) is -28.2. The van der Waals surface area contributed by atoms with Gasteiger partial charge in [0, 0.05) is 0 Å². The van der Waals surface area contributed by atoms with E-state index < -0.39 is 48.1 Å². The van der Waals surface area contributed by atoms with Gasteiger partial charge in [0.25, 0.3) is 12.1 Å². The predicted molar refractivity (Wildman–Crippen MR) is 50.7 cm³/mol. The Morgan fingerprint density at radius 1 is 0.323 bits per heavy atom. The van der Waals surface area contributed by atoms with Crippen molar-refractivity contribution in [1.82, 2.24) is 0 Å². The topological polar surface area (TPSA) is 28.2 Å². The molecule has 2 nitrogen and oxygen atoms in total. The molecule has 0 unspecified atom stereocenters. The summed E-state index contributed by atoms with van der Waals surface area (Å²) in [7, 11) is 0. The second-order valence-electron chi connectivity index (χ2n) is 4.54. The van der Waals surface area contributed by atoms with Gasteiger partial charge in [0.2, 0.25) is 0 Å². The predicted octanol–water partition coefficient (Wildman–Crippen LogP) is 7.34. The average molecular weight is 607 g/mol. The summed E-state index contributed by atoms with van der Waals surface area (Å²) < 4.78 is 231. The van der Waals surface area contributed by atoms with Crippen LogP contribution in [0.25, 0.3) is 11.1 Å². The Labute approximate surface area is 167 Å². The minimum absolute atomic E-state index is 0. The molecular formula is C8F20N2Rh. The van der Waals surface area contributed by atoms with Gasteiger partial charge in [-0.3, -0.25) is 0 Å². The number of hydrogen-bond acceptors (Lipinski definition) is 0. The van der Waals surface area contributed by atoms with Gasteiger partial charge < -0.3 is 20.0 Å². The van der Waals surface area contributed by atoms with E-state index in [1.165, 1.54) is 0 Å². The van der Waals surface area contributed by atoms with E-state index in [4.69, 9.17) is 0 Å². The Balaban J connectivity index is -0.000000490. The van der Waals surface area contributed by atoms with Gasteiger partial charge in [-0.25, -0.2) is 17.6 Å². The third-order valence-corrected chi connectivity index (χ3v) is 2.47. The molecule has 0 aliphatic rings. The molecule has 0 aliphatic carbocycles. The van der Waals surface area contributed by atoms with Crippen molar-refractivity contribution in [2.45, 2.75) is 48.1 Å². The summed E-state index contributed by atoms with van der Waals surface area (Å²) in [5, 5.41) is 0. The fourth-order valence-corrected chi connectivity index (χ4v) is 0.840. The van der Waals surface area contributed by atoms with Gasteiger partial charge in [-0.1, -0.05) is 0 Å². The Kier molecular flexibility index (Phi) is 10.7. The number of nitrogens with zero attached hydrogens (tertiary/aromatic N) is 2. The molecule has 0 heterocycles. The summed E-state index contributed by atoms with van der Waals surface area (Å²) in [5.41, 5.74) is 0.0171. The normalized spacial score (nSPS) is 15.1. The van der Waals surface area contributed by atoms with E-state index in [9.17, 15) is 88.0 Å². The van der Waals surface area contributed by atoms with E-state index in [0.29, 0.717) is 0 Å². The van der Waals surface area contributed by atoms with Crippen molar-refractivity contribution in [2.75, 3.05) is 0 Å². The van der Waals surface area contributed by atoms with E-state index in [-0.39, 0.29) is 30.6 Å². The van der Waals surface area contributed by atoms with Crippen LogP contribution in [0.1, 0.15) is 0 Å². The molecule has 0 atom stereocenters.